The van der Waals surface area contributed by atoms with Crippen molar-refractivity contribution in [1.29, 1.82) is 0 Å². The van der Waals surface area contributed by atoms with Gasteiger partial charge < -0.3 is 10.1 Å². The fourth-order valence-electron chi connectivity index (χ4n) is 1.67. The third kappa shape index (κ3) is 6.53. The lowest BCUT2D eigenvalue weighted by Crippen LogP contribution is -2.22. The van der Waals surface area contributed by atoms with Gasteiger partial charge in [-0.3, -0.25) is 0 Å². The summed E-state index contributed by atoms with van der Waals surface area (Å²) >= 11 is 6.91. The number of benzene rings is 1. The van der Waals surface area contributed by atoms with Gasteiger partial charge in [0.15, 0.2) is 0 Å². The number of primary sulfonamides is 1. The van der Waals surface area contributed by atoms with E-state index in [0.29, 0.717) is 26.1 Å². The van der Waals surface area contributed by atoms with Crippen molar-refractivity contribution in [2.75, 3.05) is 18.9 Å². The fraction of sp³-hybridized carbons (Fsp3) is 0.500. The van der Waals surface area contributed by atoms with Crippen molar-refractivity contribution < 1.29 is 13.2 Å². The third-order valence-corrected chi connectivity index (χ3v) is 4.38. The van der Waals surface area contributed by atoms with Crippen molar-refractivity contribution in [3.63, 3.8) is 0 Å². The number of rotatable bonds is 8. The summed E-state index contributed by atoms with van der Waals surface area (Å²) in [7, 11) is -3.38. The molecule has 0 fully saturated rings. The Labute approximate surface area is 136 Å². The van der Waals surface area contributed by atoms with Gasteiger partial charge in [-0.2, -0.15) is 0 Å². The van der Waals surface area contributed by atoms with E-state index in [1.165, 1.54) is 0 Å². The van der Waals surface area contributed by atoms with E-state index < -0.39 is 10.0 Å². The second-order valence-corrected chi connectivity index (χ2v) is 7.71. The van der Waals surface area contributed by atoms with E-state index in [4.69, 9.17) is 9.88 Å². The predicted octanol–water partition coefficient (Wildman–Crippen LogP) is 2.38. The molecule has 0 unspecified atom stereocenters. The lowest BCUT2D eigenvalue weighted by molar-refractivity contribution is 0.333. The topological polar surface area (TPSA) is 81.4 Å². The molecule has 0 atom stereocenters. The maximum absolute atomic E-state index is 10.8. The van der Waals surface area contributed by atoms with E-state index in [-0.39, 0.29) is 5.75 Å². The zero-order valence-electron chi connectivity index (χ0n) is 11.2. The van der Waals surface area contributed by atoms with E-state index in [2.05, 4.69) is 37.2 Å². The van der Waals surface area contributed by atoms with E-state index >= 15 is 0 Å². The summed E-state index contributed by atoms with van der Waals surface area (Å²) in [6.45, 7) is 3.68. The Bertz CT molecular complexity index is 550. The maximum atomic E-state index is 10.8. The minimum Gasteiger partial charge on any atom is -0.492 e. The molecule has 0 bridgehead atoms. The van der Waals surface area contributed by atoms with Crippen molar-refractivity contribution in [3.8, 4) is 5.75 Å². The zero-order valence-corrected chi connectivity index (χ0v) is 15.1. The summed E-state index contributed by atoms with van der Waals surface area (Å²) in [5.74, 6) is 0.787. The van der Waals surface area contributed by atoms with Crippen LogP contribution in [0.2, 0.25) is 0 Å². The van der Waals surface area contributed by atoms with Crippen LogP contribution in [0.15, 0.2) is 21.1 Å². The number of halogens is 2. The summed E-state index contributed by atoms with van der Waals surface area (Å²) < 4.78 is 29.1. The first-order chi connectivity index (χ1) is 9.33. The molecule has 1 aromatic rings. The average Bonchev–Trinajstić information content (AvgIpc) is 2.31. The second kappa shape index (κ2) is 8.33. The predicted molar refractivity (Wildman–Crippen MR) is 87.3 cm³/mol. The van der Waals surface area contributed by atoms with Crippen LogP contribution in [0.1, 0.15) is 18.9 Å². The second-order valence-electron chi connectivity index (χ2n) is 4.21. The van der Waals surface area contributed by atoms with Crippen molar-refractivity contribution in [1.82, 2.24) is 5.32 Å². The summed E-state index contributed by atoms with van der Waals surface area (Å²) in [5, 5.41) is 8.13. The van der Waals surface area contributed by atoms with Crippen LogP contribution in [0.25, 0.3) is 0 Å². The Morgan fingerprint density at radius 3 is 2.65 bits per heavy atom. The summed E-state index contributed by atoms with van der Waals surface area (Å²) in [4.78, 5) is 0. The molecule has 8 heteroatoms. The molecule has 0 saturated carbocycles. The van der Waals surface area contributed by atoms with Crippen LogP contribution in [-0.4, -0.2) is 27.3 Å². The van der Waals surface area contributed by atoms with Crippen molar-refractivity contribution in [2.24, 2.45) is 5.14 Å². The molecule has 0 heterocycles. The third-order valence-electron chi connectivity index (χ3n) is 2.47. The van der Waals surface area contributed by atoms with Crippen molar-refractivity contribution >= 4 is 41.9 Å². The number of nitrogens with two attached hydrogens (primary N) is 1. The van der Waals surface area contributed by atoms with Gasteiger partial charge in [0, 0.05) is 16.6 Å². The van der Waals surface area contributed by atoms with Gasteiger partial charge in [-0.25, -0.2) is 13.6 Å². The molecule has 114 valence electrons. The smallest absolute Gasteiger partial charge is 0.209 e. The molecule has 0 aliphatic carbocycles. The molecule has 1 rings (SSSR count). The Hall–Kier alpha value is -0.150. The molecule has 0 saturated heterocycles. The Morgan fingerprint density at radius 1 is 1.35 bits per heavy atom. The molecule has 20 heavy (non-hydrogen) atoms. The van der Waals surface area contributed by atoms with Gasteiger partial charge in [0.1, 0.15) is 5.75 Å². The molecule has 3 N–H and O–H groups in total. The minimum absolute atomic E-state index is 0.0134. The lowest BCUT2D eigenvalue weighted by Gasteiger charge is -2.13. The van der Waals surface area contributed by atoms with E-state index in [1.54, 1.807) is 0 Å². The summed E-state index contributed by atoms with van der Waals surface area (Å²) in [6.07, 6.45) is 0.484. The average molecular weight is 430 g/mol. The van der Waals surface area contributed by atoms with Crippen LogP contribution in [-0.2, 0) is 16.6 Å². The van der Waals surface area contributed by atoms with Gasteiger partial charge in [-0.15, -0.1) is 0 Å². The first-order valence-corrected chi connectivity index (χ1v) is 9.45. The maximum Gasteiger partial charge on any atom is 0.209 e. The Kier molecular flexibility index (Phi) is 7.46. The van der Waals surface area contributed by atoms with Crippen LogP contribution in [0.4, 0.5) is 0 Å². The SMILES string of the molecule is CCOc1c(Br)cc(Br)cc1CNCCCS(N)(=O)=O. The summed E-state index contributed by atoms with van der Waals surface area (Å²) in [6, 6.07) is 3.90. The van der Waals surface area contributed by atoms with E-state index in [9.17, 15) is 8.42 Å². The number of hydrogen-bond acceptors (Lipinski definition) is 4. The van der Waals surface area contributed by atoms with Gasteiger partial charge >= 0.3 is 0 Å². The Balaban J connectivity index is 2.58. The quantitative estimate of drug-likeness (QED) is 0.621. The number of sulfonamides is 1. The van der Waals surface area contributed by atoms with Crippen LogP contribution in [0.3, 0.4) is 0 Å². The molecule has 0 radical (unpaired) electrons. The van der Waals surface area contributed by atoms with E-state index in [1.807, 2.05) is 19.1 Å². The highest BCUT2D eigenvalue weighted by molar-refractivity contribution is 9.11. The van der Waals surface area contributed by atoms with E-state index in [0.717, 1.165) is 20.3 Å². The molecule has 5 nitrogen and oxygen atoms in total. The molecule has 0 amide bonds. The first kappa shape index (κ1) is 17.9. The highest BCUT2D eigenvalue weighted by Crippen LogP contribution is 2.32. The fourth-order valence-corrected chi connectivity index (χ4v) is 3.65. The molecule has 1 aromatic carbocycles. The van der Waals surface area contributed by atoms with Gasteiger partial charge in [0.05, 0.1) is 16.8 Å². The standard InChI is InChI=1S/C12H18Br2N2O3S/c1-2-19-12-9(6-10(13)7-11(12)14)8-16-4-3-5-20(15,17)18/h6-7,16H,2-5,8H2,1H3,(H2,15,17,18). The molecular weight excluding hydrogens is 412 g/mol. The lowest BCUT2D eigenvalue weighted by atomic mass is 10.2. The van der Waals surface area contributed by atoms with Crippen LogP contribution in [0.5, 0.6) is 5.75 Å². The Morgan fingerprint density at radius 2 is 2.05 bits per heavy atom. The van der Waals surface area contributed by atoms with Crippen LogP contribution >= 0.6 is 31.9 Å². The first-order valence-electron chi connectivity index (χ1n) is 6.15. The van der Waals surface area contributed by atoms with Gasteiger partial charge in [-0.1, -0.05) is 15.9 Å². The molecule has 0 aliphatic rings. The van der Waals surface area contributed by atoms with Gasteiger partial charge in [0.2, 0.25) is 10.0 Å². The number of nitrogens with one attached hydrogen (secondary N) is 1. The minimum atomic E-state index is -3.38. The van der Waals surface area contributed by atoms with Gasteiger partial charge in [0.25, 0.3) is 0 Å². The molecule has 0 aliphatic heterocycles. The van der Waals surface area contributed by atoms with Crippen molar-refractivity contribution in [3.05, 3.63) is 26.6 Å². The molecule has 0 spiro atoms. The molecular formula is C12H18Br2N2O3S. The highest BCUT2D eigenvalue weighted by atomic mass is 79.9. The van der Waals surface area contributed by atoms with Crippen LogP contribution < -0.4 is 15.2 Å². The van der Waals surface area contributed by atoms with Gasteiger partial charge in [-0.05, 0) is 48.0 Å². The normalized spacial score (nSPS) is 11.6. The van der Waals surface area contributed by atoms with Crippen molar-refractivity contribution in [2.45, 2.75) is 19.9 Å². The number of ether oxygens (including phenoxy) is 1. The molecule has 0 aromatic heterocycles. The monoisotopic (exact) mass is 428 g/mol. The zero-order chi connectivity index (χ0) is 15.2. The number of hydrogen-bond donors (Lipinski definition) is 2. The highest BCUT2D eigenvalue weighted by Gasteiger charge is 2.10. The summed E-state index contributed by atoms with van der Waals surface area (Å²) in [5.41, 5.74) is 1.00. The largest absolute Gasteiger partial charge is 0.492 e. The van der Waals surface area contributed by atoms with Crippen LogP contribution in [0, 0.1) is 0 Å².